The summed E-state index contributed by atoms with van der Waals surface area (Å²) < 4.78 is 24.4. The molecule has 1 aliphatic heterocycles. The van der Waals surface area contributed by atoms with E-state index in [1.807, 2.05) is 20.8 Å². The number of rotatable bonds is 6. The predicted molar refractivity (Wildman–Crippen MR) is 109 cm³/mol. The molecule has 0 aliphatic carbocycles. The molecule has 0 unspecified atom stereocenters. The number of likely N-dealkylation sites (tertiary alicyclic amines) is 1. The van der Waals surface area contributed by atoms with Gasteiger partial charge in [0.25, 0.3) is 0 Å². The molecule has 28 heavy (non-hydrogen) atoms. The Kier molecular flexibility index (Phi) is 7.46. The summed E-state index contributed by atoms with van der Waals surface area (Å²) in [6.45, 7) is 7.68. The Morgan fingerprint density at radius 1 is 1.11 bits per heavy atom. The van der Waals surface area contributed by atoms with Gasteiger partial charge in [0.05, 0.1) is 10.6 Å². The zero-order valence-corrected chi connectivity index (χ0v) is 17.7. The van der Waals surface area contributed by atoms with Crippen molar-refractivity contribution < 1.29 is 18.0 Å². The first kappa shape index (κ1) is 22.2. The maximum absolute atomic E-state index is 12.2. The second-order valence-electron chi connectivity index (χ2n) is 8.30. The number of hydrogen-bond donors (Lipinski definition) is 2. The van der Waals surface area contributed by atoms with Crippen LogP contribution in [0.3, 0.4) is 0 Å². The molecule has 156 valence electrons. The highest BCUT2D eigenvalue weighted by molar-refractivity contribution is 7.91. The lowest BCUT2D eigenvalue weighted by atomic mass is 9.97. The van der Waals surface area contributed by atoms with Crippen LogP contribution in [0.1, 0.15) is 40.0 Å². The van der Waals surface area contributed by atoms with Crippen LogP contribution >= 0.6 is 0 Å². The first-order valence-corrected chi connectivity index (χ1v) is 11.3. The maximum atomic E-state index is 12.2. The van der Waals surface area contributed by atoms with Gasteiger partial charge in [-0.25, -0.2) is 13.2 Å². The van der Waals surface area contributed by atoms with Crippen molar-refractivity contribution in [1.82, 2.24) is 15.5 Å². The van der Waals surface area contributed by atoms with Gasteiger partial charge in [-0.3, -0.25) is 4.79 Å². The standard InChI is InChI=1S/C20H31N3O4S/c1-20(2,3)22-19(25)23-12-9-16(10-13-23)15-21-18(24)11-14-28(26,27)17-7-5-4-6-8-17/h4-8,16H,9-15H2,1-3H3,(H,21,24)(H,22,25). The van der Waals surface area contributed by atoms with Crippen LogP contribution in [-0.4, -0.2) is 56.2 Å². The molecule has 8 heteroatoms. The van der Waals surface area contributed by atoms with Crippen molar-refractivity contribution in [3.8, 4) is 0 Å². The van der Waals surface area contributed by atoms with E-state index < -0.39 is 9.84 Å². The average molecular weight is 410 g/mol. The van der Waals surface area contributed by atoms with Crippen molar-refractivity contribution in [3.63, 3.8) is 0 Å². The quantitative estimate of drug-likeness (QED) is 0.753. The third kappa shape index (κ3) is 7.14. The van der Waals surface area contributed by atoms with E-state index in [-0.39, 0.29) is 34.5 Å². The van der Waals surface area contributed by atoms with E-state index in [0.717, 1.165) is 12.8 Å². The highest BCUT2D eigenvalue weighted by Crippen LogP contribution is 2.17. The fourth-order valence-electron chi connectivity index (χ4n) is 3.06. The fourth-order valence-corrected chi connectivity index (χ4v) is 4.32. The lowest BCUT2D eigenvalue weighted by molar-refractivity contribution is -0.120. The summed E-state index contributed by atoms with van der Waals surface area (Å²) >= 11 is 0. The van der Waals surface area contributed by atoms with Gasteiger partial charge in [-0.05, 0) is 51.7 Å². The van der Waals surface area contributed by atoms with Crippen molar-refractivity contribution >= 4 is 21.8 Å². The van der Waals surface area contributed by atoms with E-state index in [4.69, 9.17) is 0 Å². The molecule has 1 aliphatic rings. The molecule has 1 fully saturated rings. The molecule has 0 bridgehead atoms. The van der Waals surface area contributed by atoms with Gasteiger partial charge in [0.2, 0.25) is 5.91 Å². The largest absolute Gasteiger partial charge is 0.356 e. The van der Waals surface area contributed by atoms with E-state index in [1.165, 1.54) is 12.1 Å². The normalized spacial score (nSPS) is 15.9. The second-order valence-corrected chi connectivity index (χ2v) is 10.4. The summed E-state index contributed by atoms with van der Waals surface area (Å²) in [5.74, 6) is -0.158. The van der Waals surface area contributed by atoms with Gasteiger partial charge >= 0.3 is 6.03 Å². The molecule has 2 rings (SSSR count). The molecular weight excluding hydrogens is 378 g/mol. The third-order valence-electron chi connectivity index (χ3n) is 4.67. The van der Waals surface area contributed by atoms with E-state index in [1.54, 1.807) is 23.1 Å². The number of urea groups is 1. The number of benzene rings is 1. The van der Waals surface area contributed by atoms with Gasteiger partial charge in [0.1, 0.15) is 0 Å². The average Bonchev–Trinajstić information content (AvgIpc) is 2.64. The molecule has 2 N–H and O–H groups in total. The molecule has 7 nitrogen and oxygen atoms in total. The van der Waals surface area contributed by atoms with E-state index in [2.05, 4.69) is 10.6 Å². The van der Waals surface area contributed by atoms with Crippen molar-refractivity contribution in [2.24, 2.45) is 5.92 Å². The van der Waals surface area contributed by atoms with Crippen LogP contribution in [-0.2, 0) is 14.6 Å². The summed E-state index contributed by atoms with van der Waals surface area (Å²) in [6, 6.07) is 8.11. The number of piperidine rings is 1. The van der Waals surface area contributed by atoms with E-state index in [9.17, 15) is 18.0 Å². The van der Waals surface area contributed by atoms with Crippen molar-refractivity contribution in [1.29, 1.82) is 0 Å². The summed E-state index contributed by atoms with van der Waals surface area (Å²) in [7, 11) is -3.44. The van der Waals surface area contributed by atoms with Gasteiger partial charge in [0.15, 0.2) is 9.84 Å². The number of sulfone groups is 1. The maximum Gasteiger partial charge on any atom is 0.317 e. The zero-order chi connectivity index (χ0) is 20.8. The van der Waals surface area contributed by atoms with E-state index >= 15 is 0 Å². The summed E-state index contributed by atoms with van der Waals surface area (Å²) in [4.78, 5) is 26.3. The van der Waals surface area contributed by atoms with Crippen LogP contribution in [0.15, 0.2) is 35.2 Å². The van der Waals surface area contributed by atoms with Crippen LogP contribution in [0, 0.1) is 5.92 Å². The summed E-state index contributed by atoms with van der Waals surface area (Å²) in [6.07, 6.45) is 1.59. The van der Waals surface area contributed by atoms with Crippen molar-refractivity contribution in [2.75, 3.05) is 25.4 Å². The van der Waals surface area contributed by atoms with Crippen LogP contribution in [0.25, 0.3) is 0 Å². The van der Waals surface area contributed by atoms with Crippen molar-refractivity contribution in [3.05, 3.63) is 30.3 Å². The molecule has 0 saturated carbocycles. The number of carbonyl (C=O) groups is 2. The topological polar surface area (TPSA) is 95.6 Å². The van der Waals surface area contributed by atoms with Crippen LogP contribution in [0.2, 0.25) is 0 Å². The molecule has 1 saturated heterocycles. The molecule has 0 radical (unpaired) electrons. The molecule has 0 aromatic heterocycles. The third-order valence-corrected chi connectivity index (χ3v) is 6.40. The first-order chi connectivity index (χ1) is 13.1. The second kappa shape index (κ2) is 9.41. The first-order valence-electron chi connectivity index (χ1n) is 9.68. The highest BCUT2D eigenvalue weighted by Gasteiger charge is 2.25. The zero-order valence-electron chi connectivity index (χ0n) is 16.9. The van der Waals surface area contributed by atoms with Crippen LogP contribution < -0.4 is 10.6 Å². The highest BCUT2D eigenvalue weighted by atomic mass is 32.2. The van der Waals surface area contributed by atoms with Gasteiger partial charge in [-0.1, -0.05) is 18.2 Å². The summed E-state index contributed by atoms with van der Waals surface area (Å²) in [5, 5.41) is 5.79. The number of nitrogens with zero attached hydrogens (tertiary/aromatic N) is 1. The number of nitrogens with one attached hydrogen (secondary N) is 2. The number of amides is 3. The Balaban J connectivity index is 1.69. The predicted octanol–water partition coefficient (Wildman–Crippen LogP) is 2.19. The van der Waals surface area contributed by atoms with Gasteiger partial charge < -0.3 is 15.5 Å². The summed E-state index contributed by atoms with van der Waals surface area (Å²) in [5.41, 5.74) is -0.262. The molecular formula is C20H31N3O4S. The lowest BCUT2D eigenvalue weighted by Crippen LogP contribution is -2.51. The van der Waals surface area contributed by atoms with Crippen LogP contribution in [0.5, 0.6) is 0 Å². The molecule has 1 aromatic rings. The minimum Gasteiger partial charge on any atom is -0.356 e. The van der Waals surface area contributed by atoms with Gasteiger partial charge in [-0.15, -0.1) is 0 Å². The number of hydrogen-bond acceptors (Lipinski definition) is 4. The molecule has 1 heterocycles. The SMILES string of the molecule is CC(C)(C)NC(=O)N1CCC(CNC(=O)CCS(=O)(=O)c2ccccc2)CC1. The Hall–Kier alpha value is -2.09. The minimum absolute atomic E-state index is 0.0515. The van der Waals surface area contributed by atoms with Crippen LogP contribution in [0.4, 0.5) is 4.79 Å². The monoisotopic (exact) mass is 409 g/mol. The lowest BCUT2D eigenvalue weighted by Gasteiger charge is -2.34. The van der Waals surface area contributed by atoms with Crippen molar-refractivity contribution in [2.45, 2.75) is 50.5 Å². The fraction of sp³-hybridized carbons (Fsp3) is 0.600. The smallest absolute Gasteiger partial charge is 0.317 e. The van der Waals surface area contributed by atoms with Gasteiger partial charge in [0, 0.05) is 31.6 Å². The molecule has 0 spiro atoms. The van der Waals surface area contributed by atoms with E-state index in [0.29, 0.717) is 25.6 Å². The minimum atomic E-state index is -3.44. The van der Waals surface area contributed by atoms with Gasteiger partial charge in [-0.2, -0.15) is 0 Å². The Morgan fingerprint density at radius 2 is 1.71 bits per heavy atom. The Labute approximate surface area is 167 Å². The molecule has 3 amide bonds. The molecule has 0 atom stereocenters. The Bertz CT molecular complexity index is 764. The number of carbonyl (C=O) groups excluding carboxylic acids is 2. The Morgan fingerprint density at radius 3 is 2.29 bits per heavy atom. The molecule has 1 aromatic carbocycles.